The lowest BCUT2D eigenvalue weighted by molar-refractivity contribution is 0.0527. The Hall–Kier alpha value is -1.34. The van der Waals surface area contributed by atoms with Crippen LogP contribution in [0.5, 0.6) is 0 Å². The topological polar surface area (TPSA) is 63.7 Å². The molecule has 1 rings (SSSR count). The van der Waals surface area contributed by atoms with E-state index in [1.165, 1.54) is 0 Å². The zero-order chi connectivity index (χ0) is 15.5. The predicted octanol–water partition coefficient (Wildman–Crippen LogP) is 2.44. The molecular formula is C12H15ClFNO4S. The molecule has 0 spiro atoms. The minimum absolute atomic E-state index is 0.00834. The molecule has 0 N–H and O–H groups in total. The number of carbonyl (C=O) groups is 1. The van der Waals surface area contributed by atoms with Gasteiger partial charge >= 0.3 is 5.97 Å². The molecule has 0 aromatic heterocycles. The molecule has 8 heteroatoms. The molecule has 0 bridgehead atoms. The van der Waals surface area contributed by atoms with Crippen LogP contribution in [0.3, 0.4) is 0 Å². The van der Waals surface area contributed by atoms with Gasteiger partial charge in [0.05, 0.1) is 24.1 Å². The van der Waals surface area contributed by atoms with Gasteiger partial charge in [-0.1, -0.05) is 11.6 Å². The first-order chi connectivity index (χ1) is 9.23. The molecule has 0 radical (unpaired) electrons. The largest absolute Gasteiger partial charge is 0.462 e. The SMILES string of the molecule is CCOC(=O)c1ccc(F)c(Cl)c1N(CC)S(C)(=O)=O. The van der Waals surface area contributed by atoms with Crippen LogP contribution in [0.2, 0.25) is 5.02 Å². The van der Waals surface area contributed by atoms with E-state index in [4.69, 9.17) is 16.3 Å². The number of carbonyl (C=O) groups excluding carboxylic acids is 1. The number of esters is 1. The van der Waals surface area contributed by atoms with Crippen molar-refractivity contribution < 1.29 is 22.3 Å². The number of sulfonamides is 1. The van der Waals surface area contributed by atoms with Crippen LogP contribution in [-0.2, 0) is 14.8 Å². The first kappa shape index (κ1) is 16.7. The molecule has 0 aliphatic carbocycles. The van der Waals surface area contributed by atoms with E-state index in [0.717, 1.165) is 22.7 Å². The van der Waals surface area contributed by atoms with Crippen molar-refractivity contribution in [3.63, 3.8) is 0 Å². The van der Waals surface area contributed by atoms with Gasteiger partial charge in [-0.3, -0.25) is 4.31 Å². The molecule has 0 heterocycles. The second-order valence-electron chi connectivity index (χ2n) is 3.91. The standard InChI is InChI=1S/C12H15ClFNO4S/c1-4-15(20(3,17)18)11-8(12(16)19-5-2)6-7-9(14)10(11)13/h6-7H,4-5H2,1-3H3. The molecule has 20 heavy (non-hydrogen) atoms. The van der Waals surface area contributed by atoms with E-state index in [0.29, 0.717) is 0 Å². The average molecular weight is 324 g/mol. The number of ether oxygens (including phenoxy) is 1. The van der Waals surface area contributed by atoms with E-state index < -0.39 is 26.8 Å². The molecule has 0 saturated carbocycles. The lowest BCUT2D eigenvalue weighted by atomic mass is 10.1. The van der Waals surface area contributed by atoms with Gasteiger partial charge in [0, 0.05) is 6.54 Å². The Bertz CT molecular complexity index is 618. The van der Waals surface area contributed by atoms with E-state index in [1.54, 1.807) is 13.8 Å². The molecule has 0 atom stereocenters. The Balaban J connectivity index is 3.56. The average Bonchev–Trinajstić information content (AvgIpc) is 2.34. The molecule has 112 valence electrons. The van der Waals surface area contributed by atoms with Crippen molar-refractivity contribution in [2.24, 2.45) is 0 Å². The summed E-state index contributed by atoms with van der Waals surface area (Å²) in [4.78, 5) is 11.9. The summed E-state index contributed by atoms with van der Waals surface area (Å²) in [6.07, 6.45) is 0.951. The zero-order valence-electron chi connectivity index (χ0n) is 11.3. The number of rotatable bonds is 5. The minimum atomic E-state index is -3.70. The number of anilines is 1. The lowest BCUT2D eigenvalue weighted by Crippen LogP contribution is -2.31. The van der Waals surface area contributed by atoms with Gasteiger partial charge in [-0.2, -0.15) is 0 Å². The molecule has 0 unspecified atom stereocenters. The van der Waals surface area contributed by atoms with Crippen molar-refractivity contribution >= 4 is 33.3 Å². The maximum absolute atomic E-state index is 13.6. The van der Waals surface area contributed by atoms with E-state index in [1.807, 2.05) is 0 Å². The van der Waals surface area contributed by atoms with Gasteiger partial charge in [0.1, 0.15) is 10.8 Å². The molecule has 0 saturated heterocycles. The van der Waals surface area contributed by atoms with Gasteiger partial charge in [-0.15, -0.1) is 0 Å². The fourth-order valence-electron chi connectivity index (χ4n) is 1.72. The van der Waals surface area contributed by atoms with Gasteiger partial charge in [0.2, 0.25) is 10.0 Å². The summed E-state index contributed by atoms with van der Waals surface area (Å²) in [6, 6.07) is 2.15. The number of benzene rings is 1. The second kappa shape index (κ2) is 6.41. The minimum Gasteiger partial charge on any atom is -0.462 e. The van der Waals surface area contributed by atoms with E-state index in [-0.39, 0.29) is 24.4 Å². The Kier molecular flexibility index (Phi) is 5.35. The molecule has 0 amide bonds. The highest BCUT2D eigenvalue weighted by Crippen LogP contribution is 2.34. The van der Waals surface area contributed by atoms with Gasteiger partial charge in [-0.25, -0.2) is 17.6 Å². The van der Waals surface area contributed by atoms with Crippen LogP contribution in [0.25, 0.3) is 0 Å². The van der Waals surface area contributed by atoms with Gasteiger partial charge < -0.3 is 4.74 Å². The summed E-state index contributed by atoms with van der Waals surface area (Å²) in [5.74, 6) is -1.57. The van der Waals surface area contributed by atoms with Crippen molar-refractivity contribution in [2.75, 3.05) is 23.7 Å². The number of hydrogen-bond acceptors (Lipinski definition) is 4. The first-order valence-corrected chi connectivity index (χ1v) is 8.09. The van der Waals surface area contributed by atoms with E-state index in [9.17, 15) is 17.6 Å². The maximum atomic E-state index is 13.6. The zero-order valence-corrected chi connectivity index (χ0v) is 12.9. The van der Waals surface area contributed by atoms with Crippen LogP contribution in [0, 0.1) is 5.82 Å². The highest BCUT2D eigenvalue weighted by atomic mass is 35.5. The fraction of sp³-hybridized carbons (Fsp3) is 0.417. The summed E-state index contributed by atoms with van der Waals surface area (Å²) in [6.45, 7) is 3.28. The summed E-state index contributed by atoms with van der Waals surface area (Å²) >= 11 is 5.83. The molecule has 5 nitrogen and oxygen atoms in total. The van der Waals surface area contributed by atoms with Crippen LogP contribution in [0.4, 0.5) is 10.1 Å². The van der Waals surface area contributed by atoms with E-state index in [2.05, 4.69) is 0 Å². The molecule has 0 aliphatic rings. The number of nitrogens with zero attached hydrogens (tertiary/aromatic N) is 1. The van der Waals surface area contributed by atoms with Gasteiger partial charge in [0.25, 0.3) is 0 Å². The number of halogens is 2. The fourth-order valence-corrected chi connectivity index (χ4v) is 3.02. The highest BCUT2D eigenvalue weighted by molar-refractivity contribution is 7.92. The van der Waals surface area contributed by atoms with Gasteiger partial charge in [-0.05, 0) is 26.0 Å². The molecule has 0 fully saturated rings. The molecule has 0 aliphatic heterocycles. The molecule has 1 aromatic carbocycles. The second-order valence-corrected chi connectivity index (χ2v) is 6.19. The Morgan fingerprint density at radius 3 is 2.45 bits per heavy atom. The molecular weight excluding hydrogens is 309 g/mol. The predicted molar refractivity (Wildman–Crippen MR) is 75.2 cm³/mol. The Labute approximate surface area is 122 Å². The van der Waals surface area contributed by atoms with Gasteiger partial charge in [0.15, 0.2) is 0 Å². The monoisotopic (exact) mass is 323 g/mol. The maximum Gasteiger partial charge on any atom is 0.340 e. The Morgan fingerprint density at radius 1 is 1.40 bits per heavy atom. The van der Waals surface area contributed by atoms with Crippen molar-refractivity contribution in [1.29, 1.82) is 0 Å². The van der Waals surface area contributed by atoms with Crippen LogP contribution in [0.15, 0.2) is 12.1 Å². The van der Waals surface area contributed by atoms with E-state index >= 15 is 0 Å². The molecule has 1 aromatic rings. The van der Waals surface area contributed by atoms with Crippen LogP contribution in [-0.4, -0.2) is 33.8 Å². The third kappa shape index (κ3) is 3.40. The third-order valence-corrected chi connectivity index (χ3v) is 4.10. The Morgan fingerprint density at radius 2 is 2.00 bits per heavy atom. The first-order valence-electron chi connectivity index (χ1n) is 5.86. The number of hydrogen-bond donors (Lipinski definition) is 0. The normalized spacial score (nSPS) is 11.2. The van der Waals surface area contributed by atoms with Crippen LogP contribution in [0.1, 0.15) is 24.2 Å². The third-order valence-electron chi connectivity index (χ3n) is 2.50. The van der Waals surface area contributed by atoms with Crippen LogP contribution >= 0.6 is 11.6 Å². The van der Waals surface area contributed by atoms with Crippen LogP contribution < -0.4 is 4.31 Å². The van der Waals surface area contributed by atoms with Crippen molar-refractivity contribution in [1.82, 2.24) is 0 Å². The van der Waals surface area contributed by atoms with Crippen molar-refractivity contribution in [3.05, 3.63) is 28.5 Å². The summed E-state index contributed by atoms with van der Waals surface area (Å²) in [5, 5.41) is -0.428. The quantitative estimate of drug-likeness (QED) is 0.781. The summed E-state index contributed by atoms with van der Waals surface area (Å²) in [7, 11) is -3.70. The summed E-state index contributed by atoms with van der Waals surface area (Å²) in [5.41, 5.74) is -0.291. The smallest absolute Gasteiger partial charge is 0.340 e. The highest BCUT2D eigenvalue weighted by Gasteiger charge is 2.27. The lowest BCUT2D eigenvalue weighted by Gasteiger charge is -2.24. The van der Waals surface area contributed by atoms with Crippen molar-refractivity contribution in [3.8, 4) is 0 Å². The summed E-state index contributed by atoms with van der Waals surface area (Å²) < 4.78 is 42.8. The van der Waals surface area contributed by atoms with Crippen molar-refractivity contribution in [2.45, 2.75) is 13.8 Å².